The molecule has 6 nitrogen and oxygen atoms in total. The van der Waals surface area contributed by atoms with Gasteiger partial charge in [0.05, 0.1) is 7.11 Å². The molecule has 1 amide bonds. The molecule has 0 aliphatic rings. The van der Waals surface area contributed by atoms with E-state index in [0.29, 0.717) is 12.2 Å². The van der Waals surface area contributed by atoms with Crippen LogP contribution in [0.5, 0.6) is 5.75 Å². The van der Waals surface area contributed by atoms with Gasteiger partial charge in [-0.15, -0.1) is 0 Å². The number of ether oxygens (including phenoxy) is 1. The fourth-order valence-corrected chi connectivity index (χ4v) is 3.05. The number of nitrogens with zero attached hydrogens (tertiary/aromatic N) is 1. The van der Waals surface area contributed by atoms with Gasteiger partial charge in [-0.25, -0.2) is 4.79 Å². The molecule has 0 saturated heterocycles. The Kier molecular flexibility index (Phi) is 6.32. The van der Waals surface area contributed by atoms with Crippen molar-refractivity contribution >= 4 is 22.8 Å². The maximum Gasteiger partial charge on any atom is 0.332 e. The first-order valence-corrected chi connectivity index (χ1v) is 9.33. The van der Waals surface area contributed by atoms with Crippen LogP contribution in [-0.4, -0.2) is 23.6 Å². The normalized spacial score (nSPS) is 10.6. The number of hydrogen-bond donors (Lipinski definition) is 1. The average molecular weight is 380 g/mol. The van der Waals surface area contributed by atoms with Gasteiger partial charge in [-0.2, -0.15) is 5.48 Å². The van der Waals surface area contributed by atoms with E-state index < -0.39 is 11.9 Å². The molecule has 28 heavy (non-hydrogen) atoms. The highest BCUT2D eigenvalue weighted by Crippen LogP contribution is 2.22. The molecule has 0 spiro atoms. The lowest BCUT2D eigenvalue weighted by Crippen LogP contribution is -2.29. The summed E-state index contributed by atoms with van der Waals surface area (Å²) in [5.74, 6) is -0.139. The van der Waals surface area contributed by atoms with Crippen molar-refractivity contribution < 1.29 is 19.2 Å². The summed E-state index contributed by atoms with van der Waals surface area (Å²) in [5.41, 5.74) is 4.63. The maximum absolute atomic E-state index is 12.7. The van der Waals surface area contributed by atoms with Gasteiger partial charge in [0.25, 0.3) is 0 Å². The van der Waals surface area contributed by atoms with Crippen LogP contribution in [0.3, 0.4) is 0 Å². The first-order chi connectivity index (χ1) is 13.6. The van der Waals surface area contributed by atoms with Crippen molar-refractivity contribution in [2.24, 2.45) is 0 Å². The molecule has 0 bridgehead atoms. The number of unbranched alkanes of at least 4 members (excludes halogenated alkanes) is 1. The van der Waals surface area contributed by atoms with Crippen molar-refractivity contribution in [3.8, 4) is 5.75 Å². The minimum absolute atomic E-state index is 0.281. The van der Waals surface area contributed by atoms with E-state index >= 15 is 0 Å². The molecule has 1 aromatic heterocycles. The van der Waals surface area contributed by atoms with Gasteiger partial charge in [-0.1, -0.05) is 43.7 Å². The van der Waals surface area contributed by atoms with Crippen LogP contribution in [0.4, 0.5) is 0 Å². The molecule has 0 aliphatic heterocycles. The fourth-order valence-electron chi connectivity index (χ4n) is 3.05. The Bertz CT molecular complexity index is 978. The second-order valence-electron chi connectivity index (χ2n) is 6.53. The Hall–Kier alpha value is -3.28. The zero-order valence-corrected chi connectivity index (χ0v) is 16.1. The number of rotatable bonds is 7. The van der Waals surface area contributed by atoms with Crippen molar-refractivity contribution in [1.82, 2.24) is 10.0 Å². The van der Waals surface area contributed by atoms with Gasteiger partial charge >= 0.3 is 11.9 Å². The van der Waals surface area contributed by atoms with Gasteiger partial charge in [0.2, 0.25) is 0 Å². The van der Waals surface area contributed by atoms with Crippen LogP contribution in [0.1, 0.15) is 42.2 Å². The SMILES string of the molecule is CCCCC(=O)ONC(=O)c1cc2ccccc2n1Cc1cccc(OC)c1. The summed E-state index contributed by atoms with van der Waals surface area (Å²) in [6.45, 7) is 2.47. The van der Waals surface area contributed by atoms with Gasteiger partial charge in [0.15, 0.2) is 0 Å². The summed E-state index contributed by atoms with van der Waals surface area (Å²) in [6, 6.07) is 17.2. The summed E-state index contributed by atoms with van der Waals surface area (Å²) in [7, 11) is 1.62. The Morgan fingerprint density at radius 2 is 1.89 bits per heavy atom. The number of carbonyl (C=O) groups is 2. The number of fused-ring (bicyclic) bond motifs is 1. The van der Waals surface area contributed by atoms with E-state index in [1.54, 1.807) is 13.2 Å². The molecule has 1 N–H and O–H groups in total. The molecule has 0 radical (unpaired) electrons. The number of carbonyl (C=O) groups excluding carboxylic acids is 2. The molecule has 0 fully saturated rings. The van der Waals surface area contributed by atoms with Crippen LogP contribution in [0, 0.1) is 0 Å². The molecule has 6 heteroatoms. The van der Waals surface area contributed by atoms with Crippen LogP contribution < -0.4 is 10.2 Å². The summed E-state index contributed by atoms with van der Waals surface area (Å²) in [5, 5.41) is 0.938. The molecule has 3 aromatic rings. The first-order valence-electron chi connectivity index (χ1n) is 9.33. The van der Waals surface area contributed by atoms with Crippen molar-refractivity contribution in [1.29, 1.82) is 0 Å². The second-order valence-corrected chi connectivity index (χ2v) is 6.53. The van der Waals surface area contributed by atoms with Crippen molar-refractivity contribution in [3.05, 3.63) is 65.9 Å². The number of amides is 1. The molecule has 2 aromatic carbocycles. The minimum atomic E-state index is -0.455. The number of hydroxylamine groups is 1. The van der Waals surface area contributed by atoms with E-state index in [1.807, 2.05) is 60.0 Å². The minimum Gasteiger partial charge on any atom is -0.497 e. The van der Waals surface area contributed by atoms with E-state index in [0.717, 1.165) is 35.1 Å². The molecule has 0 saturated carbocycles. The molecule has 1 heterocycles. The number of methoxy groups -OCH3 is 1. The molecule has 146 valence electrons. The highest BCUT2D eigenvalue weighted by atomic mass is 16.7. The summed E-state index contributed by atoms with van der Waals surface area (Å²) < 4.78 is 7.19. The predicted octanol–water partition coefficient (Wildman–Crippen LogP) is 4.08. The molecule has 0 unspecified atom stereocenters. The third kappa shape index (κ3) is 4.52. The monoisotopic (exact) mass is 380 g/mol. The van der Waals surface area contributed by atoms with E-state index in [2.05, 4.69) is 5.48 Å². The van der Waals surface area contributed by atoms with E-state index in [9.17, 15) is 9.59 Å². The van der Waals surface area contributed by atoms with Gasteiger partial charge in [0, 0.05) is 23.9 Å². The van der Waals surface area contributed by atoms with Gasteiger partial charge in [0.1, 0.15) is 11.4 Å². The van der Waals surface area contributed by atoms with E-state index in [4.69, 9.17) is 9.57 Å². The predicted molar refractivity (Wildman–Crippen MR) is 107 cm³/mol. The quantitative estimate of drug-likeness (QED) is 0.627. The van der Waals surface area contributed by atoms with Crippen LogP contribution in [0.15, 0.2) is 54.6 Å². The van der Waals surface area contributed by atoms with Crippen molar-refractivity contribution in [2.45, 2.75) is 32.7 Å². The first kappa shape index (κ1) is 19.5. The Balaban J connectivity index is 1.86. The number of benzene rings is 2. The highest BCUT2D eigenvalue weighted by molar-refractivity contribution is 5.98. The zero-order chi connectivity index (χ0) is 19.9. The number of aromatic nitrogens is 1. The standard InChI is InChI=1S/C22H24N2O4/c1-3-4-12-21(25)28-23-22(26)20-14-17-9-5-6-11-19(17)24(20)15-16-8-7-10-18(13-16)27-2/h5-11,13-14H,3-4,12,15H2,1-2H3,(H,23,26). The smallest absolute Gasteiger partial charge is 0.332 e. The second kappa shape index (κ2) is 9.08. The number of hydrogen-bond acceptors (Lipinski definition) is 4. The molecule has 3 rings (SSSR count). The topological polar surface area (TPSA) is 69.6 Å². The molecular weight excluding hydrogens is 356 g/mol. The Labute approximate surface area is 164 Å². The largest absolute Gasteiger partial charge is 0.497 e. The van der Waals surface area contributed by atoms with Crippen LogP contribution in [0.2, 0.25) is 0 Å². The van der Waals surface area contributed by atoms with Crippen LogP contribution >= 0.6 is 0 Å². The average Bonchev–Trinajstić information content (AvgIpc) is 3.09. The third-order valence-corrected chi connectivity index (χ3v) is 4.51. The van der Waals surface area contributed by atoms with Crippen LogP contribution in [0.25, 0.3) is 10.9 Å². The molecule has 0 atom stereocenters. The summed E-state index contributed by atoms with van der Waals surface area (Å²) in [4.78, 5) is 29.3. The van der Waals surface area contributed by atoms with Crippen LogP contribution in [-0.2, 0) is 16.2 Å². The van der Waals surface area contributed by atoms with E-state index in [1.165, 1.54) is 0 Å². The van der Waals surface area contributed by atoms with Crippen molar-refractivity contribution in [2.75, 3.05) is 7.11 Å². The highest BCUT2D eigenvalue weighted by Gasteiger charge is 2.17. The van der Waals surface area contributed by atoms with E-state index in [-0.39, 0.29) is 6.42 Å². The maximum atomic E-state index is 12.7. The van der Waals surface area contributed by atoms with Crippen molar-refractivity contribution in [3.63, 3.8) is 0 Å². The lowest BCUT2D eigenvalue weighted by atomic mass is 10.2. The number of para-hydroxylation sites is 1. The summed E-state index contributed by atoms with van der Waals surface area (Å²) in [6.07, 6.45) is 1.90. The Morgan fingerprint density at radius 3 is 2.68 bits per heavy atom. The molecular formula is C22H24N2O4. The lowest BCUT2D eigenvalue weighted by molar-refractivity contribution is -0.149. The lowest BCUT2D eigenvalue weighted by Gasteiger charge is -2.12. The third-order valence-electron chi connectivity index (χ3n) is 4.51. The fraction of sp³-hybridized carbons (Fsp3) is 0.273. The van der Waals surface area contributed by atoms with Gasteiger partial charge in [-0.05, 0) is 36.2 Å². The van der Waals surface area contributed by atoms with Gasteiger partial charge in [-0.3, -0.25) is 4.79 Å². The number of nitrogens with one attached hydrogen (secondary N) is 1. The Morgan fingerprint density at radius 1 is 1.07 bits per heavy atom. The zero-order valence-electron chi connectivity index (χ0n) is 16.1. The van der Waals surface area contributed by atoms with Gasteiger partial charge < -0.3 is 14.1 Å². The summed E-state index contributed by atoms with van der Waals surface area (Å²) >= 11 is 0. The molecule has 0 aliphatic carbocycles.